The summed E-state index contributed by atoms with van der Waals surface area (Å²) in [4.78, 5) is 37.1. The fourth-order valence-corrected chi connectivity index (χ4v) is 6.60. The number of rotatable bonds is 10. The Labute approximate surface area is 262 Å². The van der Waals surface area contributed by atoms with E-state index in [2.05, 4.69) is 15.0 Å². The lowest BCUT2D eigenvalue weighted by atomic mass is 9.89. The first-order valence-corrected chi connectivity index (χ1v) is 15.5. The molecule has 2 aliphatic heterocycles. The summed E-state index contributed by atoms with van der Waals surface area (Å²) in [5, 5.41) is 6.09. The van der Waals surface area contributed by atoms with Gasteiger partial charge in [-0.2, -0.15) is 0 Å². The number of likely N-dealkylation sites (tertiary alicyclic amines) is 2. The molecule has 0 N–H and O–H groups in total. The minimum atomic E-state index is -0.236. The molecule has 0 spiro atoms. The Morgan fingerprint density at radius 2 is 1.73 bits per heavy atom. The summed E-state index contributed by atoms with van der Waals surface area (Å²) in [6.45, 7) is 3.77. The highest BCUT2D eigenvalue weighted by Crippen LogP contribution is 2.31. The van der Waals surface area contributed by atoms with Crippen LogP contribution >= 0.6 is 46.4 Å². The van der Waals surface area contributed by atoms with E-state index in [-0.39, 0.29) is 18.4 Å². The van der Waals surface area contributed by atoms with Crippen molar-refractivity contribution in [2.24, 2.45) is 5.16 Å². The molecule has 41 heavy (non-hydrogen) atoms. The van der Waals surface area contributed by atoms with Gasteiger partial charge in [-0.3, -0.25) is 9.59 Å². The predicted octanol–water partition coefficient (Wildman–Crippen LogP) is 7.03. The molecule has 222 valence electrons. The van der Waals surface area contributed by atoms with Crippen LogP contribution in [0.2, 0.25) is 20.1 Å². The molecule has 2 aliphatic rings. The first-order chi connectivity index (χ1) is 19.7. The van der Waals surface area contributed by atoms with Gasteiger partial charge in [-0.1, -0.05) is 57.6 Å². The standard InChI is InChI=1S/C30H36Cl4N4O3/c1-36(30(40)21-15-22(31)18-23(32)16-21)19-28(35-41-2)25(20-6-7-26(33)27(34)17-20)10-14-37-12-8-24(9-13-37)38-11-4-3-5-29(38)39/h6-7,15-18,24-25H,3-5,8-14,19H2,1-2H3/b35-28+. The van der Waals surface area contributed by atoms with Crippen LogP contribution in [0.25, 0.3) is 0 Å². The van der Waals surface area contributed by atoms with E-state index in [1.165, 1.54) is 7.11 Å². The molecule has 1 atom stereocenters. The second-order valence-electron chi connectivity index (χ2n) is 10.7. The average molecular weight is 642 g/mol. The Hall–Kier alpha value is -2.03. The Kier molecular flexibility index (Phi) is 11.6. The molecule has 0 aliphatic carbocycles. The normalized spacial score (nSPS) is 18.0. The van der Waals surface area contributed by atoms with E-state index < -0.39 is 0 Å². The van der Waals surface area contributed by atoms with E-state index in [4.69, 9.17) is 51.2 Å². The second kappa shape index (κ2) is 14.9. The summed E-state index contributed by atoms with van der Waals surface area (Å²) in [6, 6.07) is 10.7. The van der Waals surface area contributed by atoms with Crippen molar-refractivity contribution >= 4 is 63.9 Å². The number of halogens is 4. The van der Waals surface area contributed by atoms with Crippen LogP contribution in [0.4, 0.5) is 0 Å². The third kappa shape index (κ3) is 8.51. The highest BCUT2D eigenvalue weighted by atomic mass is 35.5. The summed E-state index contributed by atoms with van der Waals surface area (Å²) in [7, 11) is 3.21. The molecule has 0 radical (unpaired) electrons. The highest BCUT2D eigenvalue weighted by Gasteiger charge is 2.30. The van der Waals surface area contributed by atoms with Crippen molar-refractivity contribution in [3.05, 3.63) is 67.6 Å². The number of oxime groups is 1. The zero-order chi connectivity index (χ0) is 29.5. The predicted molar refractivity (Wildman–Crippen MR) is 167 cm³/mol. The summed E-state index contributed by atoms with van der Waals surface area (Å²) in [5.41, 5.74) is 2.02. The molecule has 2 fully saturated rings. The maximum atomic E-state index is 13.3. The molecular formula is C30H36Cl4N4O3. The Bertz CT molecular complexity index is 1250. The number of carbonyl (C=O) groups excluding carboxylic acids is 2. The topological polar surface area (TPSA) is 65.5 Å². The highest BCUT2D eigenvalue weighted by molar-refractivity contribution is 6.42. The lowest BCUT2D eigenvalue weighted by molar-refractivity contribution is -0.136. The quantitative estimate of drug-likeness (QED) is 0.206. The van der Waals surface area contributed by atoms with Crippen LogP contribution in [-0.4, -0.2) is 85.1 Å². The summed E-state index contributed by atoms with van der Waals surface area (Å²) >= 11 is 24.9. The van der Waals surface area contributed by atoms with Crippen LogP contribution in [0.1, 0.15) is 60.4 Å². The smallest absolute Gasteiger partial charge is 0.254 e. The molecule has 2 amide bonds. The summed E-state index contributed by atoms with van der Waals surface area (Å²) in [5.74, 6) is -0.113. The minimum absolute atomic E-state index is 0.177. The molecule has 1 unspecified atom stereocenters. The summed E-state index contributed by atoms with van der Waals surface area (Å²) in [6.07, 6.45) is 5.46. The summed E-state index contributed by atoms with van der Waals surface area (Å²) < 4.78 is 0. The zero-order valence-corrected chi connectivity index (χ0v) is 26.4. The van der Waals surface area contributed by atoms with Gasteiger partial charge in [-0.25, -0.2) is 0 Å². The van der Waals surface area contributed by atoms with Crippen LogP contribution in [0.15, 0.2) is 41.6 Å². The van der Waals surface area contributed by atoms with Crippen LogP contribution < -0.4 is 0 Å². The van der Waals surface area contributed by atoms with E-state index >= 15 is 0 Å². The molecule has 4 rings (SSSR count). The fourth-order valence-electron chi connectivity index (χ4n) is 5.77. The van der Waals surface area contributed by atoms with E-state index in [9.17, 15) is 9.59 Å². The molecule has 0 bridgehead atoms. The number of carbonyl (C=O) groups is 2. The van der Waals surface area contributed by atoms with E-state index in [0.29, 0.717) is 49.7 Å². The van der Waals surface area contributed by atoms with Gasteiger partial charge in [0.25, 0.3) is 5.91 Å². The van der Waals surface area contributed by atoms with Crippen LogP contribution in [0, 0.1) is 0 Å². The Morgan fingerprint density at radius 3 is 2.37 bits per heavy atom. The molecule has 0 aromatic heterocycles. The fraction of sp³-hybridized carbons (Fsp3) is 0.500. The van der Waals surface area contributed by atoms with Crippen molar-refractivity contribution < 1.29 is 14.4 Å². The maximum Gasteiger partial charge on any atom is 0.254 e. The molecule has 2 saturated heterocycles. The Morgan fingerprint density at radius 1 is 1.02 bits per heavy atom. The lowest BCUT2D eigenvalue weighted by Gasteiger charge is -2.40. The molecule has 2 aromatic carbocycles. The molecule has 0 saturated carbocycles. The van der Waals surface area contributed by atoms with E-state index in [1.54, 1.807) is 36.2 Å². The van der Waals surface area contributed by atoms with Gasteiger partial charge in [0, 0.05) is 60.7 Å². The zero-order valence-electron chi connectivity index (χ0n) is 23.4. The minimum Gasteiger partial charge on any atom is -0.399 e. The van der Waals surface area contributed by atoms with Gasteiger partial charge in [0.15, 0.2) is 0 Å². The van der Waals surface area contributed by atoms with Gasteiger partial charge in [0.2, 0.25) is 5.91 Å². The molecule has 2 aromatic rings. The van der Waals surface area contributed by atoms with Gasteiger partial charge in [-0.15, -0.1) is 0 Å². The van der Waals surface area contributed by atoms with Crippen molar-refractivity contribution in [1.82, 2.24) is 14.7 Å². The van der Waals surface area contributed by atoms with Gasteiger partial charge < -0.3 is 19.5 Å². The molecule has 2 heterocycles. The molecular weight excluding hydrogens is 606 g/mol. The number of amides is 2. The maximum absolute atomic E-state index is 13.3. The lowest BCUT2D eigenvalue weighted by Crippen LogP contribution is -2.49. The van der Waals surface area contributed by atoms with Crippen molar-refractivity contribution in [2.45, 2.75) is 50.5 Å². The number of nitrogens with zero attached hydrogens (tertiary/aromatic N) is 4. The van der Waals surface area contributed by atoms with Crippen LogP contribution in [0.5, 0.6) is 0 Å². The number of piperidine rings is 2. The Balaban J connectivity index is 1.48. The first-order valence-electron chi connectivity index (χ1n) is 13.9. The largest absolute Gasteiger partial charge is 0.399 e. The van der Waals surface area contributed by atoms with Crippen molar-refractivity contribution in [3.8, 4) is 0 Å². The first kappa shape index (κ1) is 31.9. The van der Waals surface area contributed by atoms with Gasteiger partial charge >= 0.3 is 0 Å². The van der Waals surface area contributed by atoms with Crippen molar-refractivity contribution in [1.29, 1.82) is 0 Å². The van der Waals surface area contributed by atoms with Gasteiger partial charge in [-0.05, 0) is 74.5 Å². The van der Waals surface area contributed by atoms with Crippen LogP contribution in [0.3, 0.4) is 0 Å². The average Bonchev–Trinajstić information content (AvgIpc) is 2.94. The van der Waals surface area contributed by atoms with E-state index in [0.717, 1.165) is 63.8 Å². The number of hydrogen-bond acceptors (Lipinski definition) is 5. The third-order valence-electron chi connectivity index (χ3n) is 7.90. The number of hydrogen-bond donors (Lipinski definition) is 0. The monoisotopic (exact) mass is 640 g/mol. The van der Waals surface area contributed by atoms with Gasteiger partial charge in [0.1, 0.15) is 7.11 Å². The van der Waals surface area contributed by atoms with Crippen LogP contribution in [-0.2, 0) is 9.63 Å². The number of benzene rings is 2. The molecule has 11 heteroatoms. The van der Waals surface area contributed by atoms with Crippen molar-refractivity contribution in [2.75, 3.05) is 46.9 Å². The van der Waals surface area contributed by atoms with Gasteiger partial charge in [0.05, 0.1) is 22.3 Å². The second-order valence-corrected chi connectivity index (χ2v) is 12.4. The third-order valence-corrected chi connectivity index (χ3v) is 9.08. The van der Waals surface area contributed by atoms with E-state index in [1.807, 2.05) is 12.1 Å². The molecule has 7 nitrogen and oxygen atoms in total. The van der Waals surface area contributed by atoms with Crippen molar-refractivity contribution in [3.63, 3.8) is 0 Å². The SMILES string of the molecule is CO/N=C(\CN(C)C(=O)c1cc(Cl)cc(Cl)c1)C(CCN1CCC(N2CCCCC2=O)CC1)c1ccc(Cl)c(Cl)c1.